The first-order valence-corrected chi connectivity index (χ1v) is 8.06. The fourth-order valence-electron chi connectivity index (χ4n) is 5.40. The summed E-state index contributed by atoms with van der Waals surface area (Å²) in [7, 11) is 2.04. The molecule has 1 amide bonds. The molecule has 0 aromatic rings. The lowest BCUT2D eigenvalue weighted by Crippen LogP contribution is -2.57. The highest BCUT2D eigenvalue weighted by Gasteiger charge is 2.50. The highest BCUT2D eigenvalue weighted by molar-refractivity contribution is 5.78. The summed E-state index contributed by atoms with van der Waals surface area (Å²) < 4.78 is 0. The van der Waals surface area contributed by atoms with Gasteiger partial charge >= 0.3 is 0 Å². The molecule has 4 fully saturated rings. The lowest BCUT2D eigenvalue weighted by atomic mass is 9.54. The number of nitrogens with two attached hydrogens (primary N) is 1. The van der Waals surface area contributed by atoms with Crippen molar-refractivity contribution in [1.29, 1.82) is 0 Å². The molecule has 4 saturated carbocycles. The van der Waals surface area contributed by atoms with Crippen LogP contribution in [-0.2, 0) is 4.79 Å². The van der Waals surface area contributed by atoms with E-state index in [2.05, 4.69) is 4.90 Å². The molecular formula is C16H28N2O. The minimum atomic E-state index is 0.0900. The molecule has 2 N–H and O–H groups in total. The minimum Gasteiger partial charge on any atom is -0.342 e. The molecule has 4 bridgehead atoms. The summed E-state index contributed by atoms with van der Waals surface area (Å²) in [6.07, 6.45) is 7.79. The highest BCUT2D eigenvalue weighted by Crippen LogP contribution is 2.55. The number of rotatable bonds is 4. The van der Waals surface area contributed by atoms with Crippen molar-refractivity contribution in [2.45, 2.75) is 51.5 Å². The van der Waals surface area contributed by atoms with Crippen molar-refractivity contribution in [3.63, 3.8) is 0 Å². The predicted octanol–water partition coefficient (Wildman–Crippen LogP) is 2.25. The van der Waals surface area contributed by atoms with Gasteiger partial charge in [0.15, 0.2) is 0 Å². The largest absolute Gasteiger partial charge is 0.342 e. The molecule has 0 aliphatic heterocycles. The average molecular weight is 264 g/mol. The molecule has 0 heterocycles. The van der Waals surface area contributed by atoms with Gasteiger partial charge in [-0.05, 0) is 68.7 Å². The van der Waals surface area contributed by atoms with E-state index < -0.39 is 0 Å². The van der Waals surface area contributed by atoms with Gasteiger partial charge in [0.2, 0.25) is 5.91 Å². The Kier molecular flexibility index (Phi) is 3.59. The summed E-state index contributed by atoms with van der Waals surface area (Å²) in [5, 5.41) is 0. The first kappa shape index (κ1) is 13.4. The van der Waals surface area contributed by atoms with Crippen LogP contribution in [0.15, 0.2) is 0 Å². The van der Waals surface area contributed by atoms with Crippen LogP contribution < -0.4 is 5.73 Å². The average Bonchev–Trinajstić information content (AvgIpc) is 2.36. The van der Waals surface area contributed by atoms with Gasteiger partial charge in [-0.1, -0.05) is 6.92 Å². The molecule has 19 heavy (non-hydrogen) atoms. The van der Waals surface area contributed by atoms with Crippen molar-refractivity contribution >= 4 is 5.91 Å². The van der Waals surface area contributed by atoms with Crippen LogP contribution in [0.3, 0.4) is 0 Å². The van der Waals surface area contributed by atoms with E-state index in [0.29, 0.717) is 18.5 Å². The Labute approximate surface area is 116 Å². The zero-order valence-electron chi connectivity index (χ0n) is 12.3. The molecule has 1 unspecified atom stereocenters. The maximum Gasteiger partial charge on any atom is 0.225 e. The van der Waals surface area contributed by atoms with Crippen molar-refractivity contribution < 1.29 is 4.79 Å². The molecule has 0 saturated heterocycles. The summed E-state index contributed by atoms with van der Waals surface area (Å²) in [6, 6.07) is 0.528. The van der Waals surface area contributed by atoms with Gasteiger partial charge in [0.05, 0.1) is 0 Å². The third-order valence-corrected chi connectivity index (χ3v) is 5.99. The molecule has 0 spiro atoms. The lowest BCUT2D eigenvalue weighted by Gasteiger charge is -2.56. The molecule has 4 aliphatic rings. The predicted molar refractivity (Wildman–Crippen MR) is 76.4 cm³/mol. The van der Waals surface area contributed by atoms with E-state index in [1.165, 1.54) is 32.1 Å². The summed E-state index contributed by atoms with van der Waals surface area (Å²) in [4.78, 5) is 14.6. The second kappa shape index (κ2) is 5.08. The summed E-state index contributed by atoms with van der Waals surface area (Å²) in [6.45, 7) is 2.64. The second-order valence-corrected chi connectivity index (χ2v) is 7.35. The van der Waals surface area contributed by atoms with Crippen LogP contribution in [0, 0.1) is 29.6 Å². The van der Waals surface area contributed by atoms with Crippen molar-refractivity contribution in [3.05, 3.63) is 0 Å². The van der Waals surface area contributed by atoms with Gasteiger partial charge in [-0.2, -0.15) is 0 Å². The Morgan fingerprint density at radius 1 is 1.16 bits per heavy atom. The van der Waals surface area contributed by atoms with Crippen molar-refractivity contribution in [1.82, 2.24) is 4.90 Å². The maximum absolute atomic E-state index is 12.5. The summed E-state index contributed by atoms with van der Waals surface area (Å²) in [5.74, 6) is 3.94. The molecule has 4 aliphatic carbocycles. The summed E-state index contributed by atoms with van der Waals surface area (Å²) >= 11 is 0. The van der Waals surface area contributed by atoms with E-state index in [1.54, 1.807) is 0 Å². The quantitative estimate of drug-likeness (QED) is 0.846. The number of carbonyl (C=O) groups is 1. The van der Waals surface area contributed by atoms with E-state index in [0.717, 1.165) is 30.1 Å². The molecule has 108 valence electrons. The number of carbonyl (C=O) groups excluding carboxylic acids is 1. The number of hydrogen-bond acceptors (Lipinski definition) is 2. The molecule has 0 aromatic carbocycles. The SMILES string of the molecule is CC(CCN)C(=O)N(C)C1C2CC3CC(C2)CC1C3. The third-order valence-electron chi connectivity index (χ3n) is 5.99. The fraction of sp³-hybridized carbons (Fsp3) is 0.938. The highest BCUT2D eigenvalue weighted by atomic mass is 16.2. The molecular weight excluding hydrogens is 236 g/mol. The molecule has 3 heteroatoms. The first-order chi connectivity index (χ1) is 9.10. The zero-order valence-corrected chi connectivity index (χ0v) is 12.3. The van der Waals surface area contributed by atoms with E-state index in [-0.39, 0.29) is 5.92 Å². The first-order valence-electron chi connectivity index (χ1n) is 8.06. The van der Waals surface area contributed by atoms with Crippen LogP contribution in [-0.4, -0.2) is 30.4 Å². The monoisotopic (exact) mass is 264 g/mol. The Balaban J connectivity index is 1.70. The smallest absolute Gasteiger partial charge is 0.225 e. The summed E-state index contributed by atoms with van der Waals surface area (Å²) in [5.41, 5.74) is 5.59. The minimum absolute atomic E-state index is 0.0900. The van der Waals surface area contributed by atoms with Gasteiger partial charge in [-0.3, -0.25) is 4.79 Å². The number of nitrogens with zero attached hydrogens (tertiary/aromatic N) is 1. The molecule has 4 rings (SSSR count). The Morgan fingerprint density at radius 3 is 2.16 bits per heavy atom. The van der Waals surface area contributed by atoms with Crippen molar-refractivity contribution in [2.75, 3.05) is 13.6 Å². The molecule has 1 atom stereocenters. The van der Waals surface area contributed by atoms with Gasteiger partial charge in [0.25, 0.3) is 0 Å². The van der Waals surface area contributed by atoms with Gasteiger partial charge < -0.3 is 10.6 Å². The van der Waals surface area contributed by atoms with Crippen LogP contribution in [0.1, 0.15) is 45.4 Å². The molecule has 3 nitrogen and oxygen atoms in total. The molecule has 0 radical (unpaired) electrons. The third kappa shape index (κ3) is 2.31. The maximum atomic E-state index is 12.5. The Morgan fingerprint density at radius 2 is 1.68 bits per heavy atom. The van der Waals surface area contributed by atoms with Crippen molar-refractivity contribution in [2.24, 2.45) is 35.3 Å². The van der Waals surface area contributed by atoms with Crippen LogP contribution >= 0.6 is 0 Å². The Bertz CT molecular complexity index is 327. The second-order valence-electron chi connectivity index (χ2n) is 7.35. The Hall–Kier alpha value is -0.570. The topological polar surface area (TPSA) is 46.3 Å². The standard InChI is InChI=1S/C16H28N2O/c1-10(3-4-17)16(19)18(2)15-13-6-11-5-12(8-13)9-14(15)7-11/h10-15H,3-9,17H2,1-2H3. The van der Waals surface area contributed by atoms with Crippen LogP contribution in [0.5, 0.6) is 0 Å². The van der Waals surface area contributed by atoms with Gasteiger partial charge in [-0.15, -0.1) is 0 Å². The number of amides is 1. The van der Waals surface area contributed by atoms with Crippen LogP contribution in [0.4, 0.5) is 0 Å². The lowest BCUT2D eigenvalue weighted by molar-refractivity contribution is -0.145. The number of hydrogen-bond donors (Lipinski definition) is 1. The van der Waals surface area contributed by atoms with Crippen molar-refractivity contribution in [3.8, 4) is 0 Å². The normalized spacial score (nSPS) is 41.3. The zero-order chi connectivity index (χ0) is 13.6. The van der Waals surface area contributed by atoms with Gasteiger partial charge in [0, 0.05) is 19.0 Å². The van der Waals surface area contributed by atoms with E-state index in [1.807, 2.05) is 14.0 Å². The van der Waals surface area contributed by atoms with E-state index in [9.17, 15) is 4.79 Å². The fourth-order valence-corrected chi connectivity index (χ4v) is 5.40. The molecule has 0 aromatic heterocycles. The van der Waals surface area contributed by atoms with E-state index >= 15 is 0 Å². The van der Waals surface area contributed by atoms with Crippen LogP contribution in [0.25, 0.3) is 0 Å². The van der Waals surface area contributed by atoms with E-state index in [4.69, 9.17) is 5.73 Å². The van der Waals surface area contributed by atoms with Gasteiger partial charge in [0.1, 0.15) is 0 Å². The van der Waals surface area contributed by atoms with Gasteiger partial charge in [-0.25, -0.2) is 0 Å². The van der Waals surface area contributed by atoms with Crippen LogP contribution in [0.2, 0.25) is 0 Å².